The Bertz CT molecular complexity index is 530. The Morgan fingerprint density at radius 2 is 1.84 bits per heavy atom. The summed E-state index contributed by atoms with van der Waals surface area (Å²) in [6, 6.07) is 14.2. The topological polar surface area (TPSA) is 35.2 Å². The van der Waals surface area contributed by atoms with Crippen molar-refractivity contribution in [2.24, 2.45) is 5.73 Å². The average Bonchev–Trinajstić information content (AvgIpc) is 2.46. The maximum absolute atomic E-state index is 13.5. The molecule has 0 amide bonds. The van der Waals surface area contributed by atoms with E-state index < -0.39 is 0 Å². The number of rotatable bonds is 5. The van der Waals surface area contributed by atoms with Crippen molar-refractivity contribution in [1.29, 1.82) is 0 Å². The third-order valence-electron chi connectivity index (χ3n) is 2.80. The fraction of sp³-hybridized carbons (Fsp3) is 0.200. The molecule has 0 saturated heterocycles. The predicted octanol–water partition coefficient (Wildman–Crippen LogP) is 3.63. The third kappa shape index (κ3) is 3.72. The van der Waals surface area contributed by atoms with Gasteiger partial charge in [-0.05, 0) is 29.8 Å². The lowest BCUT2D eigenvalue weighted by molar-refractivity contribution is 0.414. The van der Waals surface area contributed by atoms with Gasteiger partial charge in [0.05, 0.1) is 7.11 Å². The van der Waals surface area contributed by atoms with Crippen LogP contribution in [-0.4, -0.2) is 12.9 Å². The Labute approximate surface area is 116 Å². The first-order valence-electron chi connectivity index (χ1n) is 5.97. The van der Waals surface area contributed by atoms with Crippen molar-refractivity contribution in [3.05, 3.63) is 59.9 Å². The van der Waals surface area contributed by atoms with Crippen molar-refractivity contribution in [1.82, 2.24) is 0 Å². The van der Waals surface area contributed by atoms with Crippen LogP contribution in [0, 0.1) is 5.82 Å². The van der Waals surface area contributed by atoms with Crippen LogP contribution in [0.4, 0.5) is 4.39 Å². The van der Waals surface area contributed by atoms with Crippen LogP contribution in [0.1, 0.15) is 11.6 Å². The van der Waals surface area contributed by atoms with Gasteiger partial charge in [0.25, 0.3) is 0 Å². The molecule has 2 nitrogen and oxygen atoms in total. The van der Waals surface area contributed by atoms with Crippen molar-refractivity contribution in [2.75, 3.05) is 12.9 Å². The summed E-state index contributed by atoms with van der Waals surface area (Å²) in [5.41, 5.74) is 7.12. The second kappa shape index (κ2) is 6.59. The summed E-state index contributed by atoms with van der Waals surface area (Å²) in [5.74, 6) is 1.24. The van der Waals surface area contributed by atoms with Gasteiger partial charge in [-0.2, -0.15) is 0 Å². The van der Waals surface area contributed by atoms with Crippen molar-refractivity contribution < 1.29 is 9.13 Å². The molecular formula is C15H16FNOS. The standard InChI is InChI=1S/C15H16FNOS/c1-18-12-8-6-11(7-9-12)14(17)10-19-15-5-3-2-4-13(15)16/h2-9,14H,10,17H2,1H3. The first kappa shape index (κ1) is 13.9. The average molecular weight is 277 g/mol. The minimum atomic E-state index is -0.200. The molecule has 0 spiro atoms. The second-order valence-corrected chi connectivity index (χ2v) is 5.18. The minimum absolute atomic E-state index is 0.129. The lowest BCUT2D eigenvalue weighted by atomic mass is 10.1. The van der Waals surface area contributed by atoms with Gasteiger partial charge in [-0.1, -0.05) is 24.3 Å². The molecule has 0 fully saturated rings. The van der Waals surface area contributed by atoms with Crippen LogP contribution >= 0.6 is 11.8 Å². The summed E-state index contributed by atoms with van der Waals surface area (Å²) in [7, 11) is 1.63. The Hall–Kier alpha value is -1.52. The van der Waals surface area contributed by atoms with Crippen LogP contribution in [0.25, 0.3) is 0 Å². The lowest BCUT2D eigenvalue weighted by Crippen LogP contribution is -2.12. The smallest absolute Gasteiger partial charge is 0.136 e. The molecule has 1 atom stereocenters. The fourth-order valence-corrected chi connectivity index (χ4v) is 2.62. The largest absolute Gasteiger partial charge is 0.497 e. The summed E-state index contributed by atoms with van der Waals surface area (Å²) < 4.78 is 18.6. The van der Waals surface area contributed by atoms with Crippen LogP contribution in [0.5, 0.6) is 5.75 Å². The predicted molar refractivity (Wildman–Crippen MR) is 77.0 cm³/mol. The molecule has 100 valence electrons. The van der Waals surface area contributed by atoms with Gasteiger partial charge < -0.3 is 10.5 Å². The maximum atomic E-state index is 13.5. The monoisotopic (exact) mass is 277 g/mol. The van der Waals surface area contributed by atoms with Gasteiger partial charge in [-0.25, -0.2) is 4.39 Å². The number of hydrogen-bond acceptors (Lipinski definition) is 3. The fourth-order valence-electron chi connectivity index (χ4n) is 1.69. The number of hydrogen-bond donors (Lipinski definition) is 1. The highest BCUT2D eigenvalue weighted by Gasteiger charge is 2.08. The molecule has 0 aromatic heterocycles. The summed E-state index contributed by atoms with van der Waals surface area (Å²) in [6.45, 7) is 0. The Kier molecular flexibility index (Phi) is 4.82. The van der Waals surface area contributed by atoms with Crippen LogP contribution in [0.15, 0.2) is 53.4 Å². The van der Waals surface area contributed by atoms with E-state index in [0.29, 0.717) is 10.6 Å². The summed E-state index contributed by atoms with van der Waals surface area (Å²) >= 11 is 1.43. The van der Waals surface area contributed by atoms with E-state index in [4.69, 9.17) is 10.5 Å². The number of methoxy groups -OCH3 is 1. The first-order chi connectivity index (χ1) is 9.20. The zero-order valence-electron chi connectivity index (χ0n) is 10.7. The molecule has 0 aliphatic rings. The first-order valence-corrected chi connectivity index (χ1v) is 6.96. The highest BCUT2D eigenvalue weighted by molar-refractivity contribution is 7.99. The molecule has 0 heterocycles. The van der Waals surface area contributed by atoms with Gasteiger partial charge in [0.15, 0.2) is 0 Å². The van der Waals surface area contributed by atoms with Gasteiger partial charge >= 0.3 is 0 Å². The van der Waals surface area contributed by atoms with Gasteiger partial charge in [0.1, 0.15) is 11.6 Å². The molecule has 2 N–H and O–H groups in total. The number of benzene rings is 2. The molecule has 1 unspecified atom stereocenters. The highest BCUT2D eigenvalue weighted by atomic mass is 32.2. The molecule has 0 aliphatic heterocycles. The molecule has 0 radical (unpaired) electrons. The molecule has 0 saturated carbocycles. The minimum Gasteiger partial charge on any atom is -0.497 e. The van der Waals surface area contributed by atoms with Crippen molar-refractivity contribution >= 4 is 11.8 Å². The van der Waals surface area contributed by atoms with E-state index in [1.54, 1.807) is 19.2 Å². The van der Waals surface area contributed by atoms with E-state index in [-0.39, 0.29) is 11.9 Å². The molecule has 2 rings (SSSR count). The van der Waals surface area contributed by atoms with Gasteiger partial charge in [-0.15, -0.1) is 11.8 Å². The Morgan fingerprint density at radius 3 is 2.47 bits per heavy atom. The Morgan fingerprint density at radius 1 is 1.16 bits per heavy atom. The number of nitrogens with two attached hydrogens (primary N) is 1. The quantitative estimate of drug-likeness (QED) is 0.848. The molecule has 0 bridgehead atoms. The molecular weight excluding hydrogens is 261 g/mol. The van der Waals surface area contributed by atoms with Crippen LogP contribution in [0.2, 0.25) is 0 Å². The summed E-state index contributed by atoms with van der Waals surface area (Å²) in [5, 5.41) is 0. The maximum Gasteiger partial charge on any atom is 0.136 e. The van der Waals surface area contributed by atoms with Crippen LogP contribution in [-0.2, 0) is 0 Å². The van der Waals surface area contributed by atoms with Gasteiger partial charge in [0.2, 0.25) is 0 Å². The van der Waals surface area contributed by atoms with E-state index >= 15 is 0 Å². The van der Waals surface area contributed by atoms with Crippen LogP contribution < -0.4 is 10.5 Å². The van der Waals surface area contributed by atoms with Gasteiger partial charge in [-0.3, -0.25) is 0 Å². The normalized spacial score (nSPS) is 12.2. The zero-order valence-corrected chi connectivity index (χ0v) is 11.5. The summed E-state index contributed by atoms with van der Waals surface area (Å²) in [6.07, 6.45) is 0. The van der Waals surface area contributed by atoms with Gasteiger partial charge in [0, 0.05) is 16.7 Å². The third-order valence-corrected chi connectivity index (χ3v) is 3.97. The van der Waals surface area contributed by atoms with E-state index in [0.717, 1.165) is 11.3 Å². The van der Waals surface area contributed by atoms with E-state index in [2.05, 4.69) is 0 Å². The molecule has 4 heteroatoms. The molecule has 0 aliphatic carbocycles. The van der Waals surface area contributed by atoms with E-state index in [9.17, 15) is 4.39 Å². The molecule has 2 aromatic rings. The van der Waals surface area contributed by atoms with Crippen molar-refractivity contribution in [3.8, 4) is 5.75 Å². The van der Waals surface area contributed by atoms with E-state index in [1.165, 1.54) is 17.8 Å². The SMILES string of the molecule is COc1ccc(C(N)CSc2ccccc2F)cc1. The number of halogens is 1. The number of ether oxygens (including phenoxy) is 1. The summed E-state index contributed by atoms with van der Waals surface area (Å²) in [4.78, 5) is 0.631. The molecule has 2 aromatic carbocycles. The second-order valence-electron chi connectivity index (χ2n) is 4.12. The van der Waals surface area contributed by atoms with Crippen molar-refractivity contribution in [3.63, 3.8) is 0 Å². The van der Waals surface area contributed by atoms with Crippen molar-refractivity contribution in [2.45, 2.75) is 10.9 Å². The lowest BCUT2D eigenvalue weighted by Gasteiger charge is -2.12. The molecule has 19 heavy (non-hydrogen) atoms. The highest BCUT2D eigenvalue weighted by Crippen LogP contribution is 2.26. The zero-order chi connectivity index (χ0) is 13.7. The van der Waals surface area contributed by atoms with Crippen LogP contribution in [0.3, 0.4) is 0 Å². The number of thioether (sulfide) groups is 1. The Balaban J connectivity index is 1.97. The van der Waals surface area contributed by atoms with E-state index in [1.807, 2.05) is 30.3 Å².